The molecular weight excluding hydrogens is 214 g/mol. The highest BCUT2D eigenvalue weighted by Crippen LogP contribution is 2.37. The van der Waals surface area contributed by atoms with Gasteiger partial charge in [0.15, 0.2) is 0 Å². The van der Waals surface area contributed by atoms with E-state index in [1.807, 2.05) is 32.0 Å². The van der Waals surface area contributed by atoms with Crippen LogP contribution in [-0.2, 0) is 10.2 Å². The Morgan fingerprint density at radius 2 is 1.76 bits per heavy atom. The lowest BCUT2D eigenvalue weighted by atomic mass is 9.73. The molecule has 0 spiro atoms. The molecule has 0 radical (unpaired) electrons. The number of rotatable bonds is 6. The van der Waals surface area contributed by atoms with Gasteiger partial charge < -0.3 is 10.8 Å². The monoisotopic (exact) mass is 235 g/mol. The number of nitrogens with two attached hydrogens (primary N) is 1. The lowest BCUT2D eigenvalue weighted by Crippen LogP contribution is -2.36. The third-order valence-electron chi connectivity index (χ3n) is 3.24. The van der Waals surface area contributed by atoms with Crippen molar-refractivity contribution >= 4 is 11.7 Å². The van der Waals surface area contributed by atoms with Crippen molar-refractivity contribution in [1.29, 1.82) is 0 Å². The molecule has 0 fully saturated rings. The van der Waals surface area contributed by atoms with E-state index < -0.39 is 11.4 Å². The van der Waals surface area contributed by atoms with Crippen LogP contribution in [0.4, 0.5) is 5.69 Å². The highest BCUT2D eigenvalue weighted by Gasteiger charge is 2.39. The van der Waals surface area contributed by atoms with E-state index in [2.05, 4.69) is 0 Å². The van der Waals surface area contributed by atoms with Crippen molar-refractivity contribution in [2.75, 3.05) is 5.73 Å². The summed E-state index contributed by atoms with van der Waals surface area (Å²) in [6, 6.07) is 7.31. The summed E-state index contributed by atoms with van der Waals surface area (Å²) >= 11 is 0. The van der Waals surface area contributed by atoms with Crippen LogP contribution in [0, 0.1) is 0 Å². The number of carboxylic acid groups (broad SMARTS) is 1. The molecule has 3 N–H and O–H groups in total. The molecule has 1 aromatic carbocycles. The Kier molecular flexibility index (Phi) is 4.55. The fourth-order valence-electron chi connectivity index (χ4n) is 2.51. The van der Waals surface area contributed by atoms with Crippen LogP contribution in [-0.4, -0.2) is 11.1 Å². The summed E-state index contributed by atoms with van der Waals surface area (Å²) in [6.07, 6.45) is 2.93. The number of anilines is 1. The number of para-hydroxylation sites is 1. The van der Waals surface area contributed by atoms with E-state index in [0.717, 1.165) is 18.4 Å². The van der Waals surface area contributed by atoms with E-state index in [1.54, 1.807) is 6.07 Å². The zero-order chi connectivity index (χ0) is 12.9. The molecule has 0 saturated heterocycles. The van der Waals surface area contributed by atoms with Gasteiger partial charge in [0.05, 0.1) is 5.41 Å². The quantitative estimate of drug-likeness (QED) is 0.744. The fourth-order valence-corrected chi connectivity index (χ4v) is 2.51. The second-order valence-corrected chi connectivity index (χ2v) is 4.47. The van der Waals surface area contributed by atoms with Gasteiger partial charge in [-0.1, -0.05) is 44.9 Å². The number of carbonyl (C=O) groups is 1. The average molecular weight is 235 g/mol. The Labute approximate surface area is 103 Å². The van der Waals surface area contributed by atoms with Gasteiger partial charge in [-0.2, -0.15) is 0 Å². The number of carboxylic acids is 1. The van der Waals surface area contributed by atoms with E-state index in [1.165, 1.54) is 0 Å². The molecule has 17 heavy (non-hydrogen) atoms. The second-order valence-electron chi connectivity index (χ2n) is 4.47. The van der Waals surface area contributed by atoms with Crippen molar-refractivity contribution in [1.82, 2.24) is 0 Å². The van der Waals surface area contributed by atoms with Crippen LogP contribution >= 0.6 is 0 Å². The molecule has 0 bridgehead atoms. The van der Waals surface area contributed by atoms with E-state index in [-0.39, 0.29) is 0 Å². The molecule has 0 atom stereocenters. The maximum Gasteiger partial charge on any atom is 0.314 e. The third kappa shape index (κ3) is 2.60. The summed E-state index contributed by atoms with van der Waals surface area (Å²) in [7, 11) is 0. The number of aliphatic carboxylic acids is 1. The molecule has 0 aliphatic heterocycles. The van der Waals surface area contributed by atoms with Gasteiger partial charge in [0, 0.05) is 5.69 Å². The van der Waals surface area contributed by atoms with Crippen LogP contribution in [0.5, 0.6) is 0 Å². The molecule has 0 unspecified atom stereocenters. The number of benzene rings is 1. The smallest absolute Gasteiger partial charge is 0.314 e. The lowest BCUT2D eigenvalue weighted by Gasteiger charge is -2.30. The topological polar surface area (TPSA) is 63.3 Å². The molecule has 0 aliphatic carbocycles. The molecule has 0 saturated carbocycles. The first-order chi connectivity index (χ1) is 8.08. The molecular formula is C14H21NO2. The maximum absolute atomic E-state index is 11.7. The molecule has 0 heterocycles. The van der Waals surface area contributed by atoms with Gasteiger partial charge in [-0.25, -0.2) is 0 Å². The largest absolute Gasteiger partial charge is 0.481 e. The van der Waals surface area contributed by atoms with Crippen molar-refractivity contribution in [2.45, 2.75) is 44.9 Å². The Bertz CT molecular complexity index is 382. The minimum atomic E-state index is -0.825. The van der Waals surface area contributed by atoms with Gasteiger partial charge in [0.1, 0.15) is 0 Å². The molecule has 0 aromatic heterocycles. The van der Waals surface area contributed by atoms with E-state index in [0.29, 0.717) is 18.5 Å². The summed E-state index contributed by atoms with van der Waals surface area (Å²) in [5, 5.41) is 9.61. The first kappa shape index (κ1) is 13.6. The first-order valence-corrected chi connectivity index (χ1v) is 6.17. The van der Waals surface area contributed by atoms with Gasteiger partial charge in [0.2, 0.25) is 0 Å². The molecule has 94 valence electrons. The minimum absolute atomic E-state index is 0.580. The summed E-state index contributed by atoms with van der Waals surface area (Å²) < 4.78 is 0. The predicted octanol–water partition coefficient (Wildman–Crippen LogP) is 3.19. The highest BCUT2D eigenvalue weighted by molar-refractivity contribution is 5.83. The van der Waals surface area contributed by atoms with Crippen molar-refractivity contribution in [3.05, 3.63) is 29.8 Å². The highest BCUT2D eigenvalue weighted by atomic mass is 16.4. The zero-order valence-electron chi connectivity index (χ0n) is 10.6. The number of hydrogen-bond acceptors (Lipinski definition) is 2. The Morgan fingerprint density at radius 1 is 1.24 bits per heavy atom. The minimum Gasteiger partial charge on any atom is -0.481 e. The number of hydrogen-bond donors (Lipinski definition) is 2. The van der Waals surface area contributed by atoms with Crippen molar-refractivity contribution < 1.29 is 9.90 Å². The van der Waals surface area contributed by atoms with E-state index >= 15 is 0 Å². The normalized spacial score (nSPS) is 11.4. The summed E-state index contributed by atoms with van der Waals surface area (Å²) in [4.78, 5) is 11.7. The van der Waals surface area contributed by atoms with Crippen LogP contribution in [0.2, 0.25) is 0 Å². The lowest BCUT2D eigenvalue weighted by molar-refractivity contribution is -0.144. The molecule has 3 nitrogen and oxygen atoms in total. The SMILES string of the molecule is CCCC(CCC)(C(=O)O)c1ccccc1N. The zero-order valence-corrected chi connectivity index (χ0v) is 10.6. The first-order valence-electron chi connectivity index (χ1n) is 6.17. The summed E-state index contributed by atoms with van der Waals surface area (Å²) in [5.41, 5.74) is 6.46. The Balaban J connectivity index is 3.30. The third-order valence-corrected chi connectivity index (χ3v) is 3.24. The fraction of sp³-hybridized carbons (Fsp3) is 0.500. The van der Waals surface area contributed by atoms with Crippen molar-refractivity contribution in [3.8, 4) is 0 Å². The summed E-state index contributed by atoms with van der Waals surface area (Å²) in [6.45, 7) is 4.01. The summed E-state index contributed by atoms with van der Waals surface area (Å²) in [5.74, 6) is -0.765. The Hall–Kier alpha value is -1.51. The standard InChI is InChI=1S/C14H21NO2/c1-3-9-14(10-4-2,13(16)17)11-7-5-6-8-12(11)15/h5-8H,3-4,9-10,15H2,1-2H3,(H,16,17). The van der Waals surface area contributed by atoms with Crippen LogP contribution in [0.3, 0.4) is 0 Å². The maximum atomic E-state index is 11.7. The molecule has 1 aromatic rings. The van der Waals surface area contributed by atoms with Gasteiger partial charge >= 0.3 is 5.97 Å². The van der Waals surface area contributed by atoms with Crippen LogP contribution in [0.15, 0.2) is 24.3 Å². The number of nitrogen functional groups attached to an aromatic ring is 1. The van der Waals surface area contributed by atoms with Crippen LogP contribution in [0.1, 0.15) is 45.1 Å². The van der Waals surface area contributed by atoms with Gasteiger partial charge in [0.25, 0.3) is 0 Å². The average Bonchev–Trinajstić information content (AvgIpc) is 2.29. The van der Waals surface area contributed by atoms with Crippen molar-refractivity contribution in [3.63, 3.8) is 0 Å². The molecule has 0 amide bonds. The van der Waals surface area contributed by atoms with Gasteiger partial charge in [-0.15, -0.1) is 0 Å². The molecule has 1 rings (SSSR count). The van der Waals surface area contributed by atoms with Gasteiger partial charge in [-0.05, 0) is 24.5 Å². The van der Waals surface area contributed by atoms with Crippen molar-refractivity contribution in [2.24, 2.45) is 0 Å². The molecule has 3 heteroatoms. The predicted molar refractivity (Wildman–Crippen MR) is 70.0 cm³/mol. The van der Waals surface area contributed by atoms with Crippen LogP contribution < -0.4 is 5.73 Å². The molecule has 0 aliphatic rings. The second kappa shape index (κ2) is 5.71. The van der Waals surface area contributed by atoms with Crippen LogP contribution in [0.25, 0.3) is 0 Å². The van der Waals surface area contributed by atoms with E-state index in [4.69, 9.17) is 5.73 Å². The van der Waals surface area contributed by atoms with Gasteiger partial charge in [-0.3, -0.25) is 4.79 Å². The van der Waals surface area contributed by atoms with E-state index in [9.17, 15) is 9.90 Å². The Morgan fingerprint density at radius 3 is 2.18 bits per heavy atom.